The lowest BCUT2D eigenvalue weighted by atomic mass is 10.2. The van der Waals surface area contributed by atoms with E-state index < -0.39 is 0 Å². The van der Waals surface area contributed by atoms with Gasteiger partial charge in [0.1, 0.15) is 12.4 Å². The zero-order chi connectivity index (χ0) is 9.68. The molecule has 0 aliphatic heterocycles. The van der Waals surface area contributed by atoms with Crippen molar-refractivity contribution < 1.29 is 9.47 Å². The van der Waals surface area contributed by atoms with Gasteiger partial charge in [0.15, 0.2) is 0 Å². The molecule has 0 spiro atoms. The first-order chi connectivity index (χ1) is 6.24. The number of ether oxygens (including phenoxy) is 2. The summed E-state index contributed by atoms with van der Waals surface area (Å²) in [5.74, 6) is 0.909. The maximum absolute atomic E-state index is 5.45. The highest BCUT2D eigenvalue weighted by molar-refractivity contribution is 14.1. The average molecular weight is 292 g/mol. The van der Waals surface area contributed by atoms with E-state index >= 15 is 0 Å². The zero-order valence-corrected chi connectivity index (χ0v) is 10.00. The molecule has 0 N–H and O–H groups in total. The molecular weight excluding hydrogens is 279 g/mol. The van der Waals surface area contributed by atoms with Crippen LogP contribution in [0.15, 0.2) is 18.2 Å². The van der Waals surface area contributed by atoms with Gasteiger partial charge in [-0.2, -0.15) is 0 Å². The van der Waals surface area contributed by atoms with Crippen LogP contribution in [0.2, 0.25) is 0 Å². The Balaban J connectivity index is 2.53. The fraction of sp³-hybridized carbons (Fsp3) is 0.400. The first kappa shape index (κ1) is 10.8. The standard InChI is InChI=1S/C10H13IO2/c1-8-3-4-9(7-10(8)11)13-6-5-12-2/h3-4,7H,5-6H2,1-2H3. The normalized spacial score (nSPS) is 10.1. The van der Waals surface area contributed by atoms with Crippen molar-refractivity contribution in [1.29, 1.82) is 0 Å². The van der Waals surface area contributed by atoms with E-state index in [0.717, 1.165) is 5.75 Å². The van der Waals surface area contributed by atoms with E-state index in [4.69, 9.17) is 9.47 Å². The van der Waals surface area contributed by atoms with Crippen LogP contribution in [-0.2, 0) is 4.74 Å². The highest BCUT2D eigenvalue weighted by Gasteiger charge is 1.97. The molecule has 0 saturated carbocycles. The molecule has 3 heteroatoms. The number of halogens is 1. The topological polar surface area (TPSA) is 18.5 Å². The number of hydrogen-bond donors (Lipinski definition) is 0. The molecule has 0 amide bonds. The van der Waals surface area contributed by atoms with E-state index in [-0.39, 0.29) is 0 Å². The molecule has 1 aromatic rings. The van der Waals surface area contributed by atoms with Gasteiger partial charge in [-0.3, -0.25) is 0 Å². The number of rotatable bonds is 4. The molecule has 0 bridgehead atoms. The van der Waals surface area contributed by atoms with Crippen LogP contribution in [0.4, 0.5) is 0 Å². The Hall–Kier alpha value is -0.290. The van der Waals surface area contributed by atoms with Crippen molar-refractivity contribution in [2.24, 2.45) is 0 Å². The third-order valence-corrected chi connectivity index (χ3v) is 2.86. The molecule has 1 aromatic carbocycles. The Labute approximate surface area is 92.4 Å². The fourth-order valence-corrected chi connectivity index (χ4v) is 1.39. The van der Waals surface area contributed by atoms with Gasteiger partial charge >= 0.3 is 0 Å². The van der Waals surface area contributed by atoms with E-state index in [1.165, 1.54) is 9.13 Å². The summed E-state index contributed by atoms with van der Waals surface area (Å²) in [6.07, 6.45) is 0. The molecule has 72 valence electrons. The summed E-state index contributed by atoms with van der Waals surface area (Å²) in [5.41, 5.74) is 1.28. The zero-order valence-electron chi connectivity index (χ0n) is 7.84. The SMILES string of the molecule is COCCOc1ccc(C)c(I)c1. The van der Waals surface area contributed by atoms with Crippen molar-refractivity contribution in [1.82, 2.24) is 0 Å². The van der Waals surface area contributed by atoms with Gasteiger partial charge in [0.05, 0.1) is 6.61 Å². The molecule has 13 heavy (non-hydrogen) atoms. The first-order valence-electron chi connectivity index (χ1n) is 4.12. The quantitative estimate of drug-likeness (QED) is 0.627. The Morgan fingerprint density at radius 3 is 2.69 bits per heavy atom. The summed E-state index contributed by atoms with van der Waals surface area (Å²) in [6.45, 7) is 3.32. The molecule has 0 aromatic heterocycles. The van der Waals surface area contributed by atoms with Gasteiger partial charge in [-0.05, 0) is 47.2 Å². The molecule has 0 fully saturated rings. The van der Waals surface area contributed by atoms with Crippen LogP contribution >= 0.6 is 22.6 Å². The molecule has 0 aliphatic rings. The van der Waals surface area contributed by atoms with E-state index in [9.17, 15) is 0 Å². The predicted octanol–water partition coefficient (Wildman–Crippen LogP) is 2.62. The second-order valence-electron chi connectivity index (χ2n) is 2.75. The highest BCUT2D eigenvalue weighted by atomic mass is 127. The number of aryl methyl sites for hydroxylation is 1. The Morgan fingerprint density at radius 1 is 1.31 bits per heavy atom. The van der Waals surface area contributed by atoms with E-state index in [1.54, 1.807) is 7.11 Å². The van der Waals surface area contributed by atoms with Crippen LogP contribution in [-0.4, -0.2) is 20.3 Å². The summed E-state index contributed by atoms with van der Waals surface area (Å²) < 4.78 is 11.6. The largest absolute Gasteiger partial charge is 0.491 e. The Morgan fingerprint density at radius 2 is 2.08 bits per heavy atom. The second kappa shape index (κ2) is 5.44. The van der Waals surface area contributed by atoms with Crippen molar-refractivity contribution in [3.8, 4) is 5.75 Å². The first-order valence-corrected chi connectivity index (χ1v) is 5.20. The second-order valence-corrected chi connectivity index (χ2v) is 3.91. The molecule has 0 radical (unpaired) electrons. The summed E-state index contributed by atoms with van der Waals surface area (Å²) in [4.78, 5) is 0. The minimum atomic E-state index is 0.607. The smallest absolute Gasteiger partial charge is 0.120 e. The Kier molecular flexibility index (Phi) is 4.52. The Bertz CT molecular complexity index is 274. The summed E-state index contributed by atoms with van der Waals surface area (Å²) in [5, 5.41) is 0. The number of methoxy groups -OCH3 is 1. The maximum atomic E-state index is 5.45. The van der Waals surface area contributed by atoms with Gasteiger partial charge in [0, 0.05) is 10.7 Å². The van der Waals surface area contributed by atoms with Crippen LogP contribution in [0.25, 0.3) is 0 Å². The summed E-state index contributed by atoms with van der Waals surface area (Å²) >= 11 is 2.30. The summed E-state index contributed by atoms with van der Waals surface area (Å²) in [6, 6.07) is 6.07. The van der Waals surface area contributed by atoms with Crippen LogP contribution in [0.5, 0.6) is 5.75 Å². The van der Waals surface area contributed by atoms with Crippen molar-refractivity contribution in [2.45, 2.75) is 6.92 Å². The van der Waals surface area contributed by atoms with E-state index in [0.29, 0.717) is 13.2 Å². The molecule has 0 aliphatic carbocycles. The van der Waals surface area contributed by atoms with Crippen LogP contribution in [0.1, 0.15) is 5.56 Å². The molecular formula is C10H13IO2. The minimum Gasteiger partial charge on any atom is -0.491 e. The lowest BCUT2D eigenvalue weighted by molar-refractivity contribution is 0.146. The van der Waals surface area contributed by atoms with Crippen molar-refractivity contribution in [3.63, 3.8) is 0 Å². The number of hydrogen-bond acceptors (Lipinski definition) is 2. The van der Waals surface area contributed by atoms with Gasteiger partial charge < -0.3 is 9.47 Å². The van der Waals surface area contributed by atoms with E-state index in [2.05, 4.69) is 35.6 Å². The molecule has 0 atom stereocenters. The maximum Gasteiger partial charge on any atom is 0.120 e. The van der Waals surface area contributed by atoms with Crippen LogP contribution in [0, 0.1) is 10.5 Å². The monoisotopic (exact) mass is 292 g/mol. The minimum absolute atomic E-state index is 0.607. The van der Waals surface area contributed by atoms with Gasteiger partial charge in [-0.25, -0.2) is 0 Å². The molecule has 0 unspecified atom stereocenters. The van der Waals surface area contributed by atoms with Crippen molar-refractivity contribution >= 4 is 22.6 Å². The third kappa shape index (κ3) is 3.52. The molecule has 0 heterocycles. The number of benzene rings is 1. The highest BCUT2D eigenvalue weighted by Crippen LogP contribution is 2.18. The van der Waals surface area contributed by atoms with Gasteiger partial charge in [0.2, 0.25) is 0 Å². The lowest BCUT2D eigenvalue weighted by Crippen LogP contribution is -2.04. The molecule has 2 nitrogen and oxygen atoms in total. The average Bonchev–Trinajstić information content (AvgIpc) is 2.12. The van der Waals surface area contributed by atoms with Crippen LogP contribution in [0.3, 0.4) is 0 Å². The molecule has 1 rings (SSSR count). The predicted molar refractivity (Wildman–Crippen MR) is 61.3 cm³/mol. The van der Waals surface area contributed by atoms with Gasteiger partial charge in [-0.15, -0.1) is 0 Å². The van der Waals surface area contributed by atoms with Crippen molar-refractivity contribution in [2.75, 3.05) is 20.3 Å². The van der Waals surface area contributed by atoms with Crippen molar-refractivity contribution in [3.05, 3.63) is 27.3 Å². The third-order valence-electron chi connectivity index (χ3n) is 1.70. The fourth-order valence-electron chi connectivity index (χ4n) is 0.906. The van der Waals surface area contributed by atoms with Gasteiger partial charge in [-0.1, -0.05) is 6.07 Å². The van der Waals surface area contributed by atoms with E-state index in [1.807, 2.05) is 12.1 Å². The lowest BCUT2D eigenvalue weighted by Gasteiger charge is -2.06. The van der Waals surface area contributed by atoms with Gasteiger partial charge in [0.25, 0.3) is 0 Å². The summed E-state index contributed by atoms with van der Waals surface area (Å²) in [7, 11) is 1.67. The molecule has 0 saturated heterocycles. The van der Waals surface area contributed by atoms with Crippen LogP contribution < -0.4 is 4.74 Å².